The Kier molecular flexibility index (Phi) is 5.99. The Hall–Kier alpha value is -3.41. The van der Waals surface area contributed by atoms with Gasteiger partial charge < -0.3 is 9.64 Å². The molecule has 0 saturated heterocycles. The van der Waals surface area contributed by atoms with E-state index in [2.05, 4.69) is 16.8 Å². The highest BCUT2D eigenvalue weighted by Crippen LogP contribution is 2.21. The lowest BCUT2D eigenvalue weighted by Crippen LogP contribution is -2.30. The molecular formula is C21H22N4O2. The molecule has 1 amide bonds. The first-order valence-electron chi connectivity index (χ1n) is 8.79. The minimum atomic E-state index is -0.0219. The first-order valence-corrected chi connectivity index (χ1v) is 8.79. The predicted molar refractivity (Wildman–Crippen MR) is 104 cm³/mol. The number of amides is 1. The van der Waals surface area contributed by atoms with Gasteiger partial charge in [0.05, 0.1) is 0 Å². The van der Waals surface area contributed by atoms with Crippen LogP contribution in [0.5, 0.6) is 5.75 Å². The second kappa shape index (κ2) is 8.80. The van der Waals surface area contributed by atoms with Crippen molar-refractivity contribution in [3.8, 4) is 11.4 Å². The van der Waals surface area contributed by atoms with Gasteiger partial charge in [0.1, 0.15) is 25.0 Å². The molecule has 6 nitrogen and oxygen atoms in total. The van der Waals surface area contributed by atoms with Crippen LogP contribution in [0, 0.1) is 0 Å². The highest BCUT2D eigenvalue weighted by Gasteiger charge is 2.16. The lowest BCUT2D eigenvalue weighted by Gasteiger charge is -2.22. The predicted octanol–water partition coefficient (Wildman–Crippen LogP) is 3.49. The highest BCUT2D eigenvalue weighted by molar-refractivity contribution is 5.94. The smallest absolute Gasteiger partial charge is 0.254 e. The van der Waals surface area contributed by atoms with E-state index in [1.165, 1.54) is 0 Å². The lowest BCUT2D eigenvalue weighted by atomic mass is 10.1. The molecule has 0 fully saturated rings. The number of carbonyl (C=O) groups excluding carboxylic acids is 1. The maximum Gasteiger partial charge on any atom is 0.254 e. The summed E-state index contributed by atoms with van der Waals surface area (Å²) >= 11 is 0. The van der Waals surface area contributed by atoms with Crippen molar-refractivity contribution in [2.45, 2.75) is 13.5 Å². The van der Waals surface area contributed by atoms with Gasteiger partial charge in [-0.05, 0) is 37.3 Å². The third-order valence-corrected chi connectivity index (χ3v) is 4.19. The Morgan fingerprint density at radius 1 is 1.15 bits per heavy atom. The van der Waals surface area contributed by atoms with Crippen molar-refractivity contribution in [3.63, 3.8) is 0 Å². The summed E-state index contributed by atoms with van der Waals surface area (Å²) in [5.41, 5.74) is 2.51. The van der Waals surface area contributed by atoms with E-state index in [4.69, 9.17) is 4.74 Å². The number of hydrogen-bond acceptors (Lipinski definition) is 4. The summed E-state index contributed by atoms with van der Waals surface area (Å²) in [6, 6.07) is 15.2. The molecule has 0 unspecified atom stereocenters. The van der Waals surface area contributed by atoms with Crippen molar-refractivity contribution >= 4 is 5.91 Å². The van der Waals surface area contributed by atoms with Crippen molar-refractivity contribution in [2.75, 3.05) is 13.2 Å². The molecular weight excluding hydrogens is 340 g/mol. The number of carbonyl (C=O) groups is 1. The van der Waals surface area contributed by atoms with E-state index in [-0.39, 0.29) is 5.91 Å². The summed E-state index contributed by atoms with van der Waals surface area (Å²) in [6.45, 7) is 7.16. The fourth-order valence-electron chi connectivity index (χ4n) is 2.75. The van der Waals surface area contributed by atoms with E-state index < -0.39 is 0 Å². The number of benzene rings is 2. The van der Waals surface area contributed by atoms with Crippen LogP contribution in [-0.2, 0) is 6.54 Å². The zero-order valence-corrected chi connectivity index (χ0v) is 15.3. The summed E-state index contributed by atoms with van der Waals surface area (Å²) in [5.74, 6) is 0.748. The second-order valence-electron chi connectivity index (χ2n) is 5.94. The van der Waals surface area contributed by atoms with Gasteiger partial charge in [-0.25, -0.2) is 0 Å². The average molecular weight is 362 g/mol. The van der Waals surface area contributed by atoms with E-state index >= 15 is 0 Å². The van der Waals surface area contributed by atoms with Crippen LogP contribution in [0.25, 0.3) is 5.69 Å². The molecule has 0 aliphatic heterocycles. The van der Waals surface area contributed by atoms with Crippen LogP contribution in [0.3, 0.4) is 0 Å². The van der Waals surface area contributed by atoms with Gasteiger partial charge in [-0.15, -0.1) is 10.2 Å². The Balaban J connectivity index is 1.76. The van der Waals surface area contributed by atoms with Gasteiger partial charge in [0.25, 0.3) is 5.91 Å². The number of nitrogens with zero attached hydrogens (tertiary/aromatic N) is 4. The first kappa shape index (κ1) is 18.4. The topological polar surface area (TPSA) is 60.2 Å². The van der Waals surface area contributed by atoms with E-state index in [9.17, 15) is 4.79 Å². The Morgan fingerprint density at radius 2 is 1.85 bits per heavy atom. The van der Waals surface area contributed by atoms with Crippen LogP contribution in [-0.4, -0.2) is 38.7 Å². The quantitative estimate of drug-likeness (QED) is 0.576. The van der Waals surface area contributed by atoms with Crippen molar-refractivity contribution in [1.29, 1.82) is 0 Å². The molecule has 0 spiro atoms. The van der Waals surface area contributed by atoms with Gasteiger partial charge in [-0.1, -0.05) is 30.9 Å². The Morgan fingerprint density at radius 3 is 2.52 bits per heavy atom. The fraction of sp³-hybridized carbons (Fsp3) is 0.190. The fourth-order valence-corrected chi connectivity index (χ4v) is 2.75. The van der Waals surface area contributed by atoms with Crippen molar-refractivity contribution in [2.24, 2.45) is 0 Å². The SMILES string of the molecule is C=CCOc1ccccc1CN(CC)C(=O)c1ccc(-n2cnnc2)cc1. The molecule has 138 valence electrons. The molecule has 27 heavy (non-hydrogen) atoms. The maximum atomic E-state index is 12.9. The summed E-state index contributed by atoms with van der Waals surface area (Å²) in [4.78, 5) is 14.7. The molecule has 0 saturated carbocycles. The summed E-state index contributed by atoms with van der Waals surface area (Å²) in [6.07, 6.45) is 4.95. The summed E-state index contributed by atoms with van der Waals surface area (Å²) < 4.78 is 7.49. The van der Waals surface area contributed by atoms with Crippen LogP contribution in [0.4, 0.5) is 0 Å². The molecule has 6 heteroatoms. The van der Waals surface area contributed by atoms with Gasteiger partial charge in [0, 0.05) is 29.9 Å². The number of ether oxygens (including phenoxy) is 1. The monoisotopic (exact) mass is 362 g/mol. The number of aromatic nitrogens is 3. The molecule has 3 aromatic rings. The number of para-hydroxylation sites is 1. The number of hydrogen-bond donors (Lipinski definition) is 0. The molecule has 1 heterocycles. The molecule has 0 atom stereocenters. The molecule has 0 aliphatic carbocycles. The van der Waals surface area contributed by atoms with E-state index in [1.54, 1.807) is 28.2 Å². The van der Waals surface area contributed by atoms with Crippen LogP contribution in [0.1, 0.15) is 22.8 Å². The minimum absolute atomic E-state index is 0.0219. The zero-order chi connectivity index (χ0) is 19.1. The van der Waals surface area contributed by atoms with E-state index in [1.807, 2.05) is 55.5 Å². The Labute approximate surface area is 158 Å². The molecule has 0 N–H and O–H groups in total. The zero-order valence-electron chi connectivity index (χ0n) is 15.3. The highest BCUT2D eigenvalue weighted by atomic mass is 16.5. The van der Waals surface area contributed by atoms with Crippen molar-refractivity contribution < 1.29 is 9.53 Å². The van der Waals surface area contributed by atoms with Crippen LogP contribution in [0.2, 0.25) is 0 Å². The second-order valence-corrected chi connectivity index (χ2v) is 5.94. The summed E-state index contributed by atoms with van der Waals surface area (Å²) in [7, 11) is 0. The first-order chi connectivity index (χ1) is 13.2. The number of rotatable bonds is 8. The maximum absolute atomic E-state index is 12.9. The molecule has 3 rings (SSSR count). The lowest BCUT2D eigenvalue weighted by molar-refractivity contribution is 0.0751. The van der Waals surface area contributed by atoms with Crippen LogP contribution >= 0.6 is 0 Å². The average Bonchev–Trinajstić information content (AvgIpc) is 3.25. The standard InChI is InChI=1S/C21H22N4O2/c1-3-13-27-20-8-6-5-7-18(20)14-24(4-2)21(26)17-9-11-19(12-10-17)25-15-22-23-16-25/h3,5-12,15-16H,1,4,13-14H2,2H3. The van der Waals surface area contributed by atoms with Crippen molar-refractivity contribution in [3.05, 3.63) is 85.0 Å². The Bertz CT molecular complexity index is 889. The van der Waals surface area contributed by atoms with E-state index in [0.29, 0.717) is 25.3 Å². The van der Waals surface area contributed by atoms with Gasteiger partial charge in [-0.2, -0.15) is 0 Å². The van der Waals surface area contributed by atoms with Crippen LogP contribution < -0.4 is 4.74 Å². The molecule has 2 aromatic carbocycles. The summed E-state index contributed by atoms with van der Waals surface area (Å²) in [5, 5.41) is 7.59. The molecule has 0 bridgehead atoms. The van der Waals surface area contributed by atoms with Crippen LogP contribution in [0.15, 0.2) is 73.8 Å². The van der Waals surface area contributed by atoms with Gasteiger partial charge in [0.2, 0.25) is 0 Å². The van der Waals surface area contributed by atoms with E-state index in [0.717, 1.165) is 17.0 Å². The molecule has 1 aromatic heterocycles. The minimum Gasteiger partial charge on any atom is -0.489 e. The largest absolute Gasteiger partial charge is 0.489 e. The third kappa shape index (κ3) is 4.41. The van der Waals surface area contributed by atoms with Crippen molar-refractivity contribution in [1.82, 2.24) is 19.7 Å². The third-order valence-electron chi connectivity index (χ3n) is 4.19. The molecule has 0 radical (unpaired) electrons. The van der Waals surface area contributed by atoms with Gasteiger partial charge in [-0.3, -0.25) is 9.36 Å². The van der Waals surface area contributed by atoms with Gasteiger partial charge in [0.15, 0.2) is 0 Å². The van der Waals surface area contributed by atoms with Gasteiger partial charge >= 0.3 is 0 Å². The molecule has 0 aliphatic rings. The normalized spacial score (nSPS) is 10.4.